The highest BCUT2D eigenvalue weighted by Gasteiger charge is 2.18. The molecule has 2 aromatic carbocycles. The summed E-state index contributed by atoms with van der Waals surface area (Å²) in [6.45, 7) is 1.52. The fraction of sp³-hybridized carbons (Fsp3) is 0.250. The van der Waals surface area contributed by atoms with E-state index in [1.54, 1.807) is 12.2 Å². The molecule has 0 spiro atoms. The van der Waals surface area contributed by atoms with E-state index in [1.807, 2.05) is 42.1 Å². The van der Waals surface area contributed by atoms with Crippen molar-refractivity contribution in [2.75, 3.05) is 37.0 Å². The molecule has 0 aliphatic carbocycles. The summed E-state index contributed by atoms with van der Waals surface area (Å²) in [4.78, 5) is 17.7. The zero-order valence-corrected chi connectivity index (χ0v) is 16.6. The minimum atomic E-state index is -0.450. The lowest BCUT2D eigenvalue weighted by Crippen LogP contribution is -2.36. The van der Waals surface area contributed by atoms with Crippen LogP contribution >= 0.6 is 23.1 Å². The van der Waals surface area contributed by atoms with Crippen LogP contribution in [0.3, 0.4) is 0 Å². The molecule has 1 aliphatic heterocycles. The third-order valence-corrected chi connectivity index (χ3v) is 6.38. The Labute approximate surface area is 166 Å². The summed E-state index contributed by atoms with van der Waals surface area (Å²) in [5.41, 5.74) is 2.25. The third kappa shape index (κ3) is 4.05. The van der Waals surface area contributed by atoms with Crippen molar-refractivity contribution in [1.29, 1.82) is 0 Å². The predicted molar refractivity (Wildman–Crippen MR) is 113 cm³/mol. The number of methoxy groups -OCH3 is 1. The van der Waals surface area contributed by atoms with Gasteiger partial charge in [-0.3, -0.25) is 5.32 Å². The highest BCUT2D eigenvalue weighted by molar-refractivity contribution is 7.99. The molecule has 27 heavy (non-hydrogen) atoms. The molecular formula is C20H20N2O3S2. The first-order chi connectivity index (χ1) is 13.2. The average Bonchev–Trinajstić information content (AvgIpc) is 3.12. The lowest BCUT2D eigenvalue weighted by atomic mass is 10.0. The van der Waals surface area contributed by atoms with Gasteiger partial charge in [-0.15, -0.1) is 16.4 Å². The van der Waals surface area contributed by atoms with E-state index in [1.165, 1.54) is 11.3 Å². The Kier molecular flexibility index (Phi) is 5.52. The van der Waals surface area contributed by atoms with Crippen LogP contribution in [0.2, 0.25) is 0 Å². The molecule has 1 aromatic heterocycles. The molecule has 0 unspecified atom stereocenters. The molecule has 0 bridgehead atoms. The number of ether oxygens (including phenoxy) is 1. The largest absolute Gasteiger partial charge is 0.496 e. The maximum atomic E-state index is 12.3. The van der Waals surface area contributed by atoms with Gasteiger partial charge in [0, 0.05) is 34.7 Å². The smallest absolute Gasteiger partial charge is 0.431 e. The van der Waals surface area contributed by atoms with Crippen LogP contribution < -0.4 is 10.1 Å². The van der Waals surface area contributed by atoms with Gasteiger partial charge in [-0.05, 0) is 29.3 Å². The summed E-state index contributed by atoms with van der Waals surface area (Å²) in [6, 6.07) is 16.2. The molecule has 0 radical (unpaired) electrons. The van der Waals surface area contributed by atoms with Crippen LogP contribution in [0.1, 0.15) is 0 Å². The fourth-order valence-electron chi connectivity index (χ4n) is 3.06. The molecular weight excluding hydrogens is 380 g/mol. The molecule has 1 saturated heterocycles. The minimum Gasteiger partial charge on any atom is -0.496 e. The summed E-state index contributed by atoms with van der Waals surface area (Å²) in [5, 5.41) is 6.30. The van der Waals surface area contributed by atoms with Gasteiger partial charge in [0.15, 0.2) is 0 Å². The van der Waals surface area contributed by atoms with Gasteiger partial charge in [0.25, 0.3) is 0 Å². The Balaban J connectivity index is 1.61. The van der Waals surface area contributed by atoms with Crippen LogP contribution in [0.4, 0.5) is 9.80 Å². The van der Waals surface area contributed by atoms with Crippen molar-refractivity contribution < 1.29 is 14.4 Å². The van der Waals surface area contributed by atoms with Gasteiger partial charge in [-0.2, -0.15) is 11.8 Å². The van der Waals surface area contributed by atoms with Gasteiger partial charge in [0.1, 0.15) is 5.75 Å². The van der Waals surface area contributed by atoms with Crippen molar-refractivity contribution in [3.8, 4) is 16.9 Å². The predicted octanol–water partition coefficient (Wildman–Crippen LogP) is 5.09. The van der Waals surface area contributed by atoms with Crippen molar-refractivity contribution in [1.82, 2.24) is 5.06 Å². The maximum Gasteiger partial charge on any atom is 0.431 e. The van der Waals surface area contributed by atoms with Crippen molar-refractivity contribution in [3.63, 3.8) is 0 Å². The van der Waals surface area contributed by atoms with E-state index in [0.717, 1.165) is 56.6 Å². The summed E-state index contributed by atoms with van der Waals surface area (Å²) >= 11 is 3.40. The van der Waals surface area contributed by atoms with Crippen LogP contribution in [0.5, 0.6) is 5.75 Å². The summed E-state index contributed by atoms with van der Waals surface area (Å²) in [7, 11) is 1.66. The van der Waals surface area contributed by atoms with Crippen LogP contribution in [0, 0.1) is 0 Å². The molecule has 0 saturated carbocycles. The highest BCUT2D eigenvalue weighted by atomic mass is 32.2. The number of anilines is 1. The molecule has 2 heterocycles. The number of thiophene rings is 1. The molecule has 3 aromatic rings. The van der Waals surface area contributed by atoms with Crippen LogP contribution in [-0.4, -0.2) is 42.9 Å². The number of hydrogen-bond donors (Lipinski definition) is 1. The fourth-order valence-corrected chi connectivity index (χ4v) is 5.03. The van der Waals surface area contributed by atoms with E-state index in [9.17, 15) is 4.79 Å². The van der Waals surface area contributed by atoms with Gasteiger partial charge in [-0.25, -0.2) is 4.79 Å². The molecule has 7 heteroatoms. The van der Waals surface area contributed by atoms with Crippen LogP contribution in [0.15, 0.2) is 48.5 Å². The quantitative estimate of drug-likeness (QED) is 0.661. The first kappa shape index (κ1) is 18.2. The summed E-state index contributed by atoms with van der Waals surface area (Å²) in [5.74, 6) is 2.75. The zero-order valence-electron chi connectivity index (χ0n) is 14.9. The number of fused-ring (bicyclic) bond motifs is 1. The number of hydroxylamine groups is 2. The van der Waals surface area contributed by atoms with E-state index in [4.69, 9.17) is 9.57 Å². The summed E-state index contributed by atoms with van der Waals surface area (Å²) < 4.78 is 6.58. The Hall–Kier alpha value is -2.22. The number of rotatable bonds is 4. The second-order valence-corrected chi connectivity index (χ2v) is 8.36. The van der Waals surface area contributed by atoms with Crippen molar-refractivity contribution >= 4 is 44.3 Å². The number of nitrogens with zero attached hydrogens (tertiary/aromatic N) is 1. The summed E-state index contributed by atoms with van der Waals surface area (Å²) in [6.07, 6.45) is -0.450. The lowest BCUT2D eigenvalue weighted by molar-refractivity contribution is -0.0858. The van der Waals surface area contributed by atoms with Gasteiger partial charge >= 0.3 is 6.09 Å². The Morgan fingerprint density at radius 1 is 1.11 bits per heavy atom. The highest BCUT2D eigenvalue weighted by Crippen LogP contribution is 2.41. The number of hydrogen-bond acceptors (Lipinski definition) is 6. The van der Waals surface area contributed by atoms with E-state index >= 15 is 0 Å². The van der Waals surface area contributed by atoms with Gasteiger partial charge in [0.2, 0.25) is 0 Å². The number of carbonyl (C=O) groups excluding carboxylic acids is 1. The van der Waals surface area contributed by atoms with E-state index in [0.29, 0.717) is 0 Å². The molecule has 140 valence electrons. The zero-order chi connectivity index (χ0) is 18.6. The molecule has 1 fully saturated rings. The van der Waals surface area contributed by atoms with Crippen LogP contribution in [0.25, 0.3) is 21.2 Å². The van der Waals surface area contributed by atoms with E-state index < -0.39 is 6.09 Å². The average molecular weight is 401 g/mol. The normalized spacial score (nSPS) is 14.9. The second-order valence-electron chi connectivity index (χ2n) is 6.08. The SMILES string of the molecule is COc1ccc(-c2ccccc2)c2sc(NC(=O)ON3CCSCC3)cc12. The van der Waals surface area contributed by atoms with Crippen molar-refractivity contribution in [3.05, 3.63) is 48.5 Å². The topological polar surface area (TPSA) is 50.8 Å². The molecule has 5 nitrogen and oxygen atoms in total. The van der Waals surface area contributed by atoms with Crippen molar-refractivity contribution in [2.45, 2.75) is 0 Å². The maximum absolute atomic E-state index is 12.3. The third-order valence-electron chi connectivity index (χ3n) is 4.36. The molecule has 1 N–H and O–H groups in total. The number of thioether (sulfide) groups is 1. The van der Waals surface area contributed by atoms with E-state index in [-0.39, 0.29) is 0 Å². The van der Waals surface area contributed by atoms with Gasteiger partial charge in [0.05, 0.1) is 12.1 Å². The molecule has 1 aliphatic rings. The monoisotopic (exact) mass is 400 g/mol. The number of nitrogens with one attached hydrogen (secondary N) is 1. The Bertz CT molecular complexity index is 937. The molecule has 4 rings (SSSR count). The first-order valence-electron chi connectivity index (χ1n) is 8.72. The van der Waals surface area contributed by atoms with Gasteiger partial charge in [-0.1, -0.05) is 30.3 Å². The van der Waals surface area contributed by atoms with Gasteiger partial charge < -0.3 is 9.57 Å². The van der Waals surface area contributed by atoms with Crippen molar-refractivity contribution in [2.24, 2.45) is 0 Å². The Morgan fingerprint density at radius 3 is 2.63 bits per heavy atom. The standard InChI is InChI=1S/C20H20N2O3S2/c1-24-17-8-7-15(14-5-3-2-4-6-14)19-16(17)13-18(27-19)21-20(23)25-22-9-11-26-12-10-22/h2-8,13H,9-12H2,1H3,(H,21,23). The minimum absolute atomic E-state index is 0.450. The number of amides is 1. The lowest BCUT2D eigenvalue weighted by Gasteiger charge is -2.24. The van der Waals surface area contributed by atoms with Crippen LogP contribution in [-0.2, 0) is 4.84 Å². The van der Waals surface area contributed by atoms with E-state index in [2.05, 4.69) is 23.5 Å². The number of carbonyl (C=O) groups is 1. The Morgan fingerprint density at radius 2 is 1.89 bits per heavy atom. The molecule has 1 amide bonds. The molecule has 0 atom stereocenters. The first-order valence-corrected chi connectivity index (χ1v) is 10.7. The number of benzene rings is 2. The second kappa shape index (κ2) is 8.21.